The monoisotopic (exact) mass is 437 g/mol. The van der Waals surface area contributed by atoms with Crippen LogP contribution in [0.4, 0.5) is 5.69 Å². The summed E-state index contributed by atoms with van der Waals surface area (Å²) in [7, 11) is 1.87. The van der Waals surface area contributed by atoms with Crippen molar-refractivity contribution in [2.45, 2.75) is 5.16 Å². The molecule has 1 aromatic heterocycles. The quantitative estimate of drug-likeness (QED) is 0.352. The number of benzene rings is 2. The second-order valence-corrected chi connectivity index (χ2v) is 7.56. The number of aryl methyl sites for hydroxylation is 1. The Labute approximate surface area is 184 Å². The molecular formula is C22H23N5O3S. The lowest BCUT2D eigenvalue weighted by Gasteiger charge is -2.09. The van der Waals surface area contributed by atoms with Crippen molar-refractivity contribution >= 4 is 35.2 Å². The molecule has 0 bridgehead atoms. The SMILES string of the molecule is Cn1ccnc1SCC(=O)Nc1ccc(C(=O)NCCNC(=O)c2ccccc2)cc1. The fourth-order valence-electron chi connectivity index (χ4n) is 2.67. The van der Waals surface area contributed by atoms with E-state index in [2.05, 4.69) is 20.9 Å². The molecule has 9 heteroatoms. The lowest BCUT2D eigenvalue weighted by Crippen LogP contribution is -2.34. The fourth-order valence-corrected chi connectivity index (χ4v) is 3.40. The van der Waals surface area contributed by atoms with Crippen molar-refractivity contribution < 1.29 is 14.4 Å². The lowest BCUT2D eigenvalue weighted by atomic mass is 10.2. The van der Waals surface area contributed by atoms with Gasteiger partial charge in [-0.25, -0.2) is 4.98 Å². The number of carbonyl (C=O) groups excluding carboxylic acids is 3. The Kier molecular flexibility index (Phi) is 7.83. The number of nitrogens with one attached hydrogen (secondary N) is 3. The summed E-state index contributed by atoms with van der Waals surface area (Å²) in [6.45, 7) is 0.627. The van der Waals surface area contributed by atoms with E-state index in [1.807, 2.05) is 23.9 Å². The molecule has 0 atom stereocenters. The van der Waals surface area contributed by atoms with Crippen LogP contribution in [0.15, 0.2) is 72.1 Å². The smallest absolute Gasteiger partial charge is 0.251 e. The standard InChI is InChI=1S/C22H23N5O3S/c1-27-14-13-25-22(27)31-15-19(28)26-18-9-7-17(8-10-18)21(30)24-12-11-23-20(29)16-5-3-2-4-6-16/h2-10,13-14H,11-12,15H2,1H3,(H,23,29)(H,24,30)(H,26,28). The third-order valence-electron chi connectivity index (χ3n) is 4.27. The van der Waals surface area contributed by atoms with Gasteiger partial charge in [0.15, 0.2) is 5.16 Å². The van der Waals surface area contributed by atoms with E-state index >= 15 is 0 Å². The van der Waals surface area contributed by atoms with Crippen LogP contribution in [0.1, 0.15) is 20.7 Å². The summed E-state index contributed by atoms with van der Waals surface area (Å²) >= 11 is 1.35. The number of carbonyl (C=O) groups is 3. The zero-order valence-electron chi connectivity index (χ0n) is 17.0. The van der Waals surface area contributed by atoms with Crippen molar-refractivity contribution in [2.75, 3.05) is 24.2 Å². The molecule has 0 saturated heterocycles. The summed E-state index contributed by atoms with van der Waals surface area (Å²) in [6, 6.07) is 15.5. The Morgan fingerprint density at radius 3 is 2.10 bits per heavy atom. The van der Waals surface area contributed by atoms with Gasteiger partial charge in [0, 0.05) is 49.3 Å². The third kappa shape index (κ3) is 6.71. The maximum Gasteiger partial charge on any atom is 0.251 e. The highest BCUT2D eigenvalue weighted by Gasteiger charge is 2.09. The Morgan fingerprint density at radius 2 is 1.52 bits per heavy atom. The Hall–Kier alpha value is -3.59. The van der Waals surface area contributed by atoms with E-state index in [1.54, 1.807) is 54.7 Å². The first-order valence-corrected chi connectivity index (χ1v) is 10.6. The Bertz CT molecular complexity index is 1030. The van der Waals surface area contributed by atoms with Crippen LogP contribution in [0, 0.1) is 0 Å². The minimum Gasteiger partial charge on any atom is -0.350 e. The molecule has 8 nitrogen and oxygen atoms in total. The van der Waals surface area contributed by atoms with Crippen molar-refractivity contribution in [3.8, 4) is 0 Å². The van der Waals surface area contributed by atoms with Gasteiger partial charge in [0.05, 0.1) is 5.75 Å². The van der Waals surface area contributed by atoms with Crippen molar-refractivity contribution in [1.29, 1.82) is 0 Å². The van der Waals surface area contributed by atoms with Crippen LogP contribution in [-0.4, -0.2) is 46.1 Å². The maximum absolute atomic E-state index is 12.2. The first-order valence-electron chi connectivity index (χ1n) is 9.64. The van der Waals surface area contributed by atoms with E-state index in [9.17, 15) is 14.4 Å². The molecule has 0 saturated carbocycles. The Morgan fingerprint density at radius 1 is 0.903 bits per heavy atom. The molecular weight excluding hydrogens is 414 g/mol. The average molecular weight is 438 g/mol. The van der Waals surface area contributed by atoms with Gasteiger partial charge in [-0.1, -0.05) is 30.0 Å². The highest BCUT2D eigenvalue weighted by molar-refractivity contribution is 7.99. The van der Waals surface area contributed by atoms with Crippen molar-refractivity contribution in [3.05, 3.63) is 78.1 Å². The van der Waals surface area contributed by atoms with E-state index in [1.165, 1.54) is 11.8 Å². The topological polar surface area (TPSA) is 105 Å². The van der Waals surface area contributed by atoms with Crippen LogP contribution in [0.3, 0.4) is 0 Å². The number of imidazole rings is 1. The summed E-state index contributed by atoms with van der Waals surface area (Å²) in [5.41, 5.74) is 1.65. The van der Waals surface area contributed by atoms with Gasteiger partial charge in [0.1, 0.15) is 0 Å². The molecule has 3 N–H and O–H groups in total. The molecule has 0 aliphatic heterocycles. The molecule has 3 rings (SSSR count). The van der Waals surface area contributed by atoms with Crippen molar-refractivity contribution in [2.24, 2.45) is 7.05 Å². The van der Waals surface area contributed by atoms with Crippen molar-refractivity contribution in [3.63, 3.8) is 0 Å². The van der Waals surface area contributed by atoms with E-state index < -0.39 is 0 Å². The first kappa shape index (κ1) is 22.1. The van der Waals surface area contributed by atoms with Gasteiger partial charge >= 0.3 is 0 Å². The van der Waals surface area contributed by atoms with E-state index in [4.69, 9.17) is 0 Å². The number of hydrogen-bond donors (Lipinski definition) is 3. The molecule has 3 aromatic rings. The number of thioether (sulfide) groups is 1. The normalized spacial score (nSPS) is 10.4. The van der Waals surface area contributed by atoms with Gasteiger partial charge < -0.3 is 20.5 Å². The molecule has 1 heterocycles. The van der Waals surface area contributed by atoms with E-state index in [0.29, 0.717) is 29.9 Å². The lowest BCUT2D eigenvalue weighted by molar-refractivity contribution is -0.113. The van der Waals surface area contributed by atoms with Crippen LogP contribution >= 0.6 is 11.8 Å². The summed E-state index contributed by atoms with van der Waals surface area (Å²) < 4.78 is 1.85. The third-order valence-corrected chi connectivity index (χ3v) is 5.33. The first-order chi connectivity index (χ1) is 15.0. The van der Waals surface area contributed by atoms with Gasteiger partial charge in [0.25, 0.3) is 11.8 Å². The second kappa shape index (κ2) is 11.0. The molecule has 3 amide bonds. The van der Waals surface area contributed by atoms with Crippen LogP contribution in [0.2, 0.25) is 0 Å². The Balaban J connectivity index is 1.38. The molecule has 2 aromatic carbocycles. The number of aromatic nitrogens is 2. The zero-order chi connectivity index (χ0) is 22.1. The highest BCUT2D eigenvalue weighted by Crippen LogP contribution is 2.15. The minimum absolute atomic E-state index is 0.153. The summed E-state index contributed by atoms with van der Waals surface area (Å²) in [5, 5.41) is 9.07. The number of hydrogen-bond acceptors (Lipinski definition) is 5. The summed E-state index contributed by atoms with van der Waals surface area (Å²) in [6.07, 6.45) is 3.50. The van der Waals surface area contributed by atoms with Gasteiger partial charge in [0.2, 0.25) is 5.91 Å². The zero-order valence-corrected chi connectivity index (χ0v) is 17.8. The van der Waals surface area contributed by atoms with Gasteiger partial charge in [-0.05, 0) is 36.4 Å². The predicted octanol–water partition coefficient (Wildman–Crippen LogP) is 2.31. The predicted molar refractivity (Wildman–Crippen MR) is 120 cm³/mol. The number of rotatable bonds is 9. The average Bonchev–Trinajstić information content (AvgIpc) is 3.20. The minimum atomic E-state index is -0.253. The largest absolute Gasteiger partial charge is 0.350 e. The fraction of sp³-hybridized carbons (Fsp3) is 0.182. The summed E-state index contributed by atoms with van der Waals surface area (Å²) in [5.74, 6) is -0.352. The molecule has 0 aliphatic carbocycles. The number of amides is 3. The molecule has 0 spiro atoms. The van der Waals surface area contributed by atoms with E-state index in [-0.39, 0.29) is 23.5 Å². The number of nitrogens with zero attached hydrogens (tertiary/aromatic N) is 2. The molecule has 160 valence electrons. The highest BCUT2D eigenvalue weighted by atomic mass is 32.2. The molecule has 0 fully saturated rings. The molecule has 0 radical (unpaired) electrons. The van der Waals surface area contributed by atoms with Crippen LogP contribution in [0.25, 0.3) is 0 Å². The van der Waals surface area contributed by atoms with Crippen LogP contribution in [-0.2, 0) is 11.8 Å². The van der Waals surface area contributed by atoms with Gasteiger partial charge in [-0.2, -0.15) is 0 Å². The van der Waals surface area contributed by atoms with Crippen LogP contribution < -0.4 is 16.0 Å². The second-order valence-electron chi connectivity index (χ2n) is 6.61. The van der Waals surface area contributed by atoms with Gasteiger partial charge in [-0.3, -0.25) is 14.4 Å². The molecule has 0 aliphatic rings. The number of anilines is 1. The van der Waals surface area contributed by atoms with E-state index in [0.717, 1.165) is 5.16 Å². The summed E-state index contributed by atoms with van der Waals surface area (Å²) in [4.78, 5) is 40.4. The van der Waals surface area contributed by atoms with Gasteiger partial charge in [-0.15, -0.1) is 0 Å². The molecule has 31 heavy (non-hydrogen) atoms. The maximum atomic E-state index is 12.2. The molecule has 0 unspecified atom stereocenters. The van der Waals surface area contributed by atoms with Crippen molar-refractivity contribution in [1.82, 2.24) is 20.2 Å². The van der Waals surface area contributed by atoms with Crippen LogP contribution in [0.5, 0.6) is 0 Å².